The number of nitrogens with zero attached hydrogens (tertiary/aromatic N) is 1. The summed E-state index contributed by atoms with van der Waals surface area (Å²) in [6.07, 6.45) is 8.15. The molecule has 170 valence electrons. The Bertz CT molecular complexity index is 700. The Hall–Kier alpha value is -1.22. The van der Waals surface area contributed by atoms with Crippen LogP contribution in [-0.2, 0) is 13.0 Å². The van der Waals surface area contributed by atoms with Crippen molar-refractivity contribution < 1.29 is 14.6 Å². The van der Waals surface area contributed by atoms with E-state index in [-0.39, 0.29) is 42.1 Å². The second-order valence-electron chi connectivity index (χ2n) is 8.49. The predicted octanol–water partition coefficient (Wildman–Crippen LogP) is 4.02. The molecule has 1 unspecified atom stereocenters. The summed E-state index contributed by atoms with van der Waals surface area (Å²) < 4.78 is 11.5. The summed E-state index contributed by atoms with van der Waals surface area (Å²) in [4.78, 5) is 4.81. The molecule has 1 aliphatic heterocycles. The lowest BCUT2D eigenvalue weighted by Crippen LogP contribution is -2.44. The third-order valence-corrected chi connectivity index (χ3v) is 6.24. The molecule has 0 spiro atoms. The highest BCUT2D eigenvalue weighted by Crippen LogP contribution is 2.38. The number of halogens is 1. The fourth-order valence-corrected chi connectivity index (χ4v) is 4.63. The van der Waals surface area contributed by atoms with Crippen LogP contribution in [0.1, 0.15) is 63.5 Å². The topological polar surface area (TPSA) is 75.1 Å². The first-order valence-corrected chi connectivity index (χ1v) is 11.1. The van der Waals surface area contributed by atoms with Gasteiger partial charge >= 0.3 is 0 Å². The first kappa shape index (κ1) is 25.0. The number of guanidine groups is 1. The van der Waals surface area contributed by atoms with Crippen LogP contribution in [-0.4, -0.2) is 44.0 Å². The Kier molecular flexibility index (Phi) is 10.0. The van der Waals surface area contributed by atoms with Crippen LogP contribution in [0.3, 0.4) is 0 Å². The summed E-state index contributed by atoms with van der Waals surface area (Å²) in [5.41, 5.74) is 2.41. The van der Waals surface area contributed by atoms with E-state index in [0.717, 1.165) is 49.0 Å². The second kappa shape index (κ2) is 12.0. The van der Waals surface area contributed by atoms with Crippen LogP contribution in [0.15, 0.2) is 17.1 Å². The van der Waals surface area contributed by atoms with Crippen LogP contribution in [0, 0.1) is 5.41 Å². The minimum atomic E-state index is 0. The Morgan fingerprint density at radius 2 is 2.03 bits per heavy atom. The zero-order valence-electron chi connectivity index (χ0n) is 18.6. The van der Waals surface area contributed by atoms with Gasteiger partial charge in [0.05, 0.1) is 13.7 Å². The largest absolute Gasteiger partial charge is 0.496 e. The molecule has 1 aliphatic carbocycles. The van der Waals surface area contributed by atoms with E-state index in [9.17, 15) is 5.11 Å². The Balaban J connectivity index is 0.00000320. The van der Waals surface area contributed by atoms with Gasteiger partial charge in [0.25, 0.3) is 0 Å². The van der Waals surface area contributed by atoms with E-state index in [1.807, 2.05) is 0 Å². The van der Waals surface area contributed by atoms with E-state index < -0.39 is 0 Å². The number of hydrogen-bond donors (Lipinski definition) is 3. The summed E-state index contributed by atoms with van der Waals surface area (Å²) in [6.45, 7) is 6.59. The first-order valence-electron chi connectivity index (χ1n) is 11.1. The van der Waals surface area contributed by atoms with Gasteiger partial charge in [0, 0.05) is 37.2 Å². The number of aliphatic hydroxyl groups is 1. The van der Waals surface area contributed by atoms with Crippen molar-refractivity contribution in [2.45, 2.75) is 71.4 Å². The third-order valence-electron chi connectivity index (χ3n) is 6.24. The SMILES string of the molecule is CCNC(=NCc1cc2c(cc1OC)CC(C)O2)NCC1(CCO)CCCCC1.I. The van der Waals surface area contributed by atoms with Crippen molar-refractivity contribution in [2.24, 2.45) is 10.4 Å². The molecule has 1 fully saturated rings. The van der Waals surface area contributed by atoms with Crippen molar-refractivity contribution in [1.82, 2.24) is 10.6 Å². The lowest BCUT2D eigenvalue weighted by molar-refractivity contribution is 0.131. The molecule has 0 amide bonds. The lowest BCUT2D eigenvalue weighted by Gasteiger charge is -2.37. The molecule has 1 aromatic rings. The first-order chi connectivity index (χ1) is 14.1. The Labute approximate surface area is 198 Å². The van der Waals surface area contributed by atoms with Crippen molar-refractivity contribution in [3.05, 3.63) is 23.3 Å². The quantitative estimate of drug-likeness (QED) is 0.269. The maximum Gasteiger partial charge on any atom is 0.191 e. The number of hydrogen-bond acceptors (Lipinski definition) is 4. The van der Waals surface area contributed by atoms with Crippen molar-refractivity contribution in [1.29, 1.82) is 0 Å². The highest BCUT2D eigenvalue weighted by Gasteiger charge is 2.31. The van der Waals surface area contributed by atoms with E-state index in [0.29, 0.717) is 6.54 Å². The molecule has 0 bridgehead atoms. The maximum atomic E-state index is 9.56. The average Bonchev–Trinajstić information content (AvgIpc) is 3.09. The fraction of sp³-hybridized carbons (Fsp3) is 0.696. The van der Waals surface area contributed by atoms with Crippen LogP contribution < -0.4 is 20.1 Å². The van der Waals surface area contributed by atoms with Gasteiger partial charge in [-0.1, -0.05) is 19.3 Å². The van der Waals surface area contributed by atoms with E-state index in [1.54, 1.807) is 7.11 Å². The van der Waals surface area contributed by atoms with E-state index in [1.165, 1.54) is 37.7 Å². The smallest absolute Gasteiger partial charge is 0.191 e. The van der Waals surface area contributed by atoms with Crippen LogP contribution >= 0.6 is 24.0 Å². The van der Waals surface area contributed by atoms with Gasteiger partial charge in [-0.3, -0.25) is 0 Å². The molecular weight excluding hydrogens is 493 g/mol. The van der Waals surface area contributed by atoms with Gasteiger partial charge in [-0.2, -0.15) is 0 Å². The van der Waals surface area contributed by atoms with E-state index >= 15 is 0 Å². The minimum Gasteiger partial charge on any atom is -0.496 e. The summed E-state index contributed by atoms with van der Waals surface area (Å²) in [7, 11) is 1.71. The zero-order valence-corrected chi connectivity index (χ0v) is 21.0. The number of aliphatic hydroxyl groups excluding tert-OH is 1. The summed E-state index contributed by atoms with van der Waals surface area (Å²) in [6, 6.07) is 4.15. The summed E-state index contributed by atoms with van der Waals surface area (Å²) in [5.74, 6) is 2.63. The number of ether oxygens (including phenoxy) is 2. The number of aliphatic imine (C=N–C) groups is 1. The van der Waals surface area contributed by atoms with Gasteiger partial charge in [-0.25, -0.2) is 4.99 Å². The molecule has 1 heterocycles. The monoisotopic (exact) mass is 531 g/mol. The van der Waals surface area contributed by atoms with Crippen molar-refractivity contribution in [3.63, 3.8) is 0 Å². The number of rotatable bonds is 8. The fourth-order valence-electron chi connectivity index (χ4n) is 4.63. The van der Waals surface area contributed by atoms with E-state index in [2.05, 4.69) is 36.6 Å². The standard InChI is InChI=1S/C23H37N3O3.HI/c1-4-24-22(26-16-23(10-11-27)8-6-5-7-9-23)25-15-19-14-21-18(12-17(2)29-21)13-20(19)28-3;/h13-14,17,27H,4-12,15-16H2,1-3H3,(H2,24,25,26);1H. The van der Waals surface area contributed by atoms with Gasteiger partial charge < -0.3 is 25.2 Å². The molecule has 1 saturated carbocycles. The molecule has 0 saturated heterocycles. The van der Waals surface area contributed by atoms with Crippen LogP contribution in [0.5, 0.6) is 11.5 Å². The molecule has 0 radical (unpaired) electrons. The maximum absolute atomic E-state index is 9.56. The molecule has 7 heteroatoms. The summed E-state index contributed by atoms with van der Waals surface area (Å²) >= 11 is 0. The van der Waals surface area contributed by atoms with Gasteiger partial charge in [0.2, 0.25) is 0 Å². The van der Waals surface area contributed by atoms with Crippen LogP contribution in [0.4, 0.5) is 0 Å². The molecule has 2 aliphatic rings. The zero-order chi connectivity index (χ0) is 20.7. The summed E-state index contributed by atoms with van der Waals surface area (Å²) in [5, 5.41) is 16.4. The molecule has 3 N–H and O–H groups in total. The predicted molar refractivity (Wildman–Crippen MR) is 132 cm³/mol. The molecular formula is C23H38IN3O3. The highest BCUT2D eigenvalue weighted by molar-refractivity contribution is 14.0. The normalized spacial score (nSPS) is 20.0. The number of nitrogens with one attached hydrogen (secondary N) is 2. The van der Waals surface area contributed by atoms with Gasteiger partial charge in [0.1, 0.15) is 17.6 Å². The van der Waals surface area contributed by atoms with Crippen molar-refractivity contribution in [3.8, 4) is 11.5 Å². The van der Waals surface area contributed by atoms with Crippen LogP contribution in [0.2, 0.25) is 0 Å². The highest BCUT2D eigenvalue weighted by atomic mass is 127. The molecule has 0 aromatic heterocycles. The molecule has 1 aromatic carbocycles. The van der Waals surface area contributed by atoms with Gasteiger partial charge in [0.15, 0.2) is 5.96 Å². The lowest BCUT2D eigenvalue weighted by atomic mass is 9.72. The van der Waals surface area contributed by atoms with Gasteiger partial charge in [-0.15, -0.1) is 24.0 Å². The molecule has 1 atom stereocenters. The average molecular weight is 531 g/mol. The number of benzene rings is 1. The third kappa shape index (κ3) is 6.39. The van der Waals surface area contributed by atoms with Gasteiger partial charge in [-0.05, 0) is 50.7 Å². The molecule has 3 rings (SSSR count). The Morgan fingerprint density at radius 3 is 2.70 bits per heavy atom. The Morgan fingerprint density at radius 1 is 1.27 bits per heavy atom. The van der Waals surface area contributed by atoms with Crippen molar-refractivity contribution in [2.75, 3.05) is 26.8 Å². The molecule has 6 nitrogen and oxygen atoms in total. The van der Waals surface area contributed by atoms with Crippen LogP contribution in [0.25, 0.3) is 0 Å². The van der Waals surface area contributed by atoms with Crippen molar-refractivity contribution >= 4 is 29.9 Å². The molecule has 30 heavy (non-hydrogen) atoms. The number of fused-ring (bicyclic) bond motifs is 1. The number of methoxy groups -OCH3 is 1. The minimum absolute atomic E-state index is 0. The van der Waals surface area contributed by atoms with E-state index in [4.69, 9.17) is 14.5 Å². The second-order valence-corrected chi connectivity index (χ2v) is 8.49.